The second-order valence-corrected chi connectivity index (χ2v) is 9.01. The molecule has 3 heterocycles. The summed E-state index contributed by atoms with van der Waals surface area (Å²) in [5.41, 5.74) is 5.93. The summed E-state index contributed by atoms with van der Waals surface area (Å²) in [6.07, 6.45) is 9.00. The summed E-state index contributed by atoms with van der Waals surface area (Å²) in [4.78, 5) is 24.6. The van der Waals surface area contributed by atoms with Gasteiger partial charge in [0.1, 0.15) is 12.0 Å². The van der Waals surface area contributed by atoms with Gasteiger partial charge in [-0.15, -0.1) is 0 Å². The van der Waals surface area contributed by atoms with Crippen LogP contribution >= 0.6 is 0 Å². The minimum Gasteiger partial charge on any atom is -0.481 e. The third-order valence-electron chi connectivity index (χ3n) is 7.28. The highest BCUT2D eigenvalue weighted by Gasteiger charge is 2.51. The molecule has 0 bridgehead atoms. The van der Waals surface area contributed by atoms with Gasteiger partial charge in [-0.1, -0.05) is 32.1 Å². The number of nitrogens with two attached hydrogens (primary N) is 1. The molecule has 0 amide bonds. The van der Waals surface area contributed by atoms with Crippen molar-refractivity contribution >= 4 is 11.8 Å². The number of rotatable bonds is 4. The lowest BCUT2D eigenvalue weighted by Gasteiger charge is -2.49. The average Bonchev–Trinajstić information content (AvgIpc) is 2.67. The summed E-state index contributed by atoms with van der Waals surface area (Å²) in [6.45, 7) is 0.689. The normalized spacial score (nSPS) is 43.0. The smallest absolute Gasteiger partial charge is 0.309 e. The van der Waals surface area contributed by atoms with E-state index in [1.165, 1.54) is 38.5 Å². The summed E-state index contributed by atoms with van der Waals surface area (Å²) in [7, 11) is 0. The highest BCUT2D eigenvalue weighted by Crippen LogP contribution is 2.38. The van der Waals surface area contributed by atoms with E-state index >= 15 is 0 Å². The molecule has 0 radical (unpaired) electrons. The molecule has 5 N–H and O–H groups in total. The summed E-state index contributed by atoms with van der Waals surface area (Å²) in [5.74, 6) is -1.18. The zero-order valence-corrected chi connectivity index (χ0v) is 15.9. The Hall–Kier alpha value is -1.02. The molecule has 27 heavy (non-hydrogen) atoms. The van der Waals surface area contributed by atoms with E-state index in [4.69, 9.17) is 10.5 Å². The molecule has 7 unspecified atom stereocenters. The first-order valence-corrected chi connectivity index (χ1v) is 10.7. The quantitative estimate of drug-likeness (QED) is 0.581. The number of piperidine rings is 2. The Kier molecular flexibility index (Phi) is 5.83. The molecule has 4 aliphatic rings. The van der Waals surface area contributed by atoms with Crippen molar-refractivity contribution in [2.24, 2.45) is 29.4 Å². The lowest BCUT2D eigenvalue weighted by atomic mass is 9.73. The van der Waals surface area contributed by atoms with Crippen LogP contribution in [0.1, 0.15) is 57.8 Å². The van der Waals surface area contributed by atoms with E-state index in [0.29, 0.717) is 12.6 Å². The van der Waals surface area contributed by atoms with E-state index in [2.05, 4.69) is 10.6 Å². The summed E-state index contributed by atoms with van der Waals surface area (Å²) >= 11 is 0. The van der Waals surface area contributed by atoms with E-state index in [1.807, 2.05) is 0 Å². The fraction of sp³-hybridized carbons (Fsp3) is 0.900. The molecule has 4 rings (SSSR count). The Balaban J connectivity index is 1.35. The van der Waals surface area contributed by atoms with Crippen LogP contribution in [0, 0.1) is 23.7 Å². The van der Waals surface area contributed by atoms with Gasteiger partial charge in [0.25, 0.3) is 0 Å². The number of Topliss-reactive ketones (excluding diaryl/α,β-unsaturated/α-hetero) is 1. The molecule has 3 saturated heterocycles. The van der Waals surface area contributed by atoms with E-state index in [-0.39, 0.29) is 24.2 Å². The molecular formula is C20H33N3O4. The van der Waals surface area contributed by atoms with Crippen LogP contribution in [0.4, 0.5) is 0 Å². The number of fused-ring (bicyclic) bond motifs is 2. The van der Waals surface area contributed by atoms with Gasteiger partial charge in [0.05, 0.1) is 24.1 Å². The van der Waals surface area contributed by atoms with Crippen LogP contribution < -0.4 is 16.4 Å². The van der Waals surface area contributed by atoms with Crippen LogP contribution in [0.5, 0.6) is 0 Å². The van der Waals surface area contributed by atoms with Crippen molar-refractivity contribution in [1.82, 2.24) is 10.6 Å². The highest BCUT2D eigenvalue weighted by molar-refractivity contribution is 5.86. The maximum absolute atomic E-state index is 13.1. The van der Waals surface area contributed by atoms with Crippen LogP contribution in [-0.4, -0.2) is 47.9 Å². The fourth-order valence-corrected chi connectivity index (χ4v) is 5.62. The van der Waals surface area contributed by atoms with Gasteiger partial charge in [-0.2, -0.15) is 0 Å². The van der Waals surface area contributed by atoms with Crippen molar-refractivity contribution in [3.63, 3.8) is 0 Å². The van der Waals surface area contributed by atoms with Gasteiger partial charge >= 0.3 is 5.97 Å². The average molecular weight is 380 g/mol. The zero-order valence-electron chi connectivity index (χ0n) is 15.9. The molecule has 152 valence electrons. The number of ketones is 1. The SMILES string of the molecule is NC1NC2OC3CNC(CCC4CCCCC4)CC3C(=O)C2CC1C(=O)O. The summed E-state index contributed by atoms with van der Waals surface area (Å²) in [6, 6.07) is 0.367. The minimum atomic E-state index is -0.945. The predicted molar refractivity (Wildman–Crippen MR) is 99.7 cm³/mol. The molecule has 0 spiro atoms. The number of hydrogen-bond acceptors (Lipinski definition) is 6. The predicted octanol–water partition coefficient (Wildman–Crippen LogP) is 1.21. The molecule has 0 aromatic carbocycles. The number of ether oxygens (including phenoxy) is 1. The number of aliphatic carboxylic acids is 1. The van der Waals surface area contributed by atoms with Crippen LogP contribution in [-0.2, 0) is 14.3 Å². The van der Waals surface area contributed by atoms with Crippen molar-refractivity contribution in [3.8, 4) is 0 Å². The third kappa shape index (κ3) is 4.06. The van der Waals surface area contributed by atoms with Gasteiger partial charge in [0.2, 0.25) is 0 Å². The molecule has 0 aromatic rings. The minimum absolute atomic E-state index is 0.116. The molecule has 4 fully saturated rings. The number of hydrogen-bond donors (Lipinski definition) is 4. The van der Waals surface area contributed by atoms with Gasteiger partial charge in [-0.3, -0.25) is 14.9 Å². The van der Waals surface area contributed by atoms with Crippen LogP contribution in [0.3, 0.4) is 0 Å². The first-order chi connectivity index (χ1) is 13.0. The number of carbonyl (C=O) groups is 2. The van der Waals surface area contributed by atoms with E-state index in [0.717, 1.165) is 18.8 Å². The van der Waals surface area contributed by atoms with Gasteiger partial charge in [-0.25, -0.2) is 0 Å². The van der Waals surface area contributed by atoms with Gasteiger partial charge < -0.3 is 20.9 Å². The maximum atomic E-state index is 13.1. The van der Waals surface area contributed by atoms with E-state index < -0.39 is 30.2 Å². The second kappa shape index (κ2) is 8.15. The van der Waals surface area contributed by atoms with Gasteiger partial charge in [-0.05, 0) is 31.6 Å². The van der Waals surface area contributed by atoms with Gasteiger partial charge in [0.15, 0.2) is 0 Å². The van der Waals surface area contributed by atoms with Crippen molar-refractivity contribution in [2.45, 2.75) is 82.3 Å². The molecule has 1 aliphatic carbocycles. The lowest BCUT2D eigenvalue weighted by Crippen LogP contribution is -2.67. The monoisotopic (exact) mass is 379 g/mol. The van der Waals surface area contributed by atoms with Crippen LogP contribution in [0.2, 0.25) is 0 Å². The molecule has 7 atom stereocenters. The first kappa shape index (κ1) is 19.3. The topological polar surface area (TPSA) is 114 Å². The molecule has 7 nitrogen and oxygen atoms in total. The molecular weight excluding hydrogens is 346 g/mol. The van der Waals surface area contributed by atoms with Gasteiger partial charge in [0, 0.05) is 18.5 Å². The number of carboxylic acids is 1. The number of carboxylic acid groups (broad SMARTS) is 1. The summed E-state index contributed by atoms with van der Waals surface area (Å²) in [5, 5.41) is 16.0. The fourth-order valence-electron chi connectivity index (χ4n) is 5.62. The Morgan fingerprint density at radius 3 is 2.67 bits per heavy atom. The summed E-state index contributed by atoms with van der Waals surface area (Å²) < 4.78 is 6.14. The number of carbonyl (C=O) groups excluding carboxylic acids is 1. The van der Waals surface area contributed by atoms with Crippen LogP contribution in [0.25, 0.3) is 0 Å². The standard InChI is InChI=1S/C20H33N3O4/c21-18-15(20(25)26)9-14-17(24)13-8-12(7-6-11-4-2-1-3-5-11)22-10-16(13)27-19(14)23-18/h11-16,18-19,22-23H,1-10,21H2,(H,25,26). The molecule has 7 heteroatoms. The lowest BCUT2D eigenvalue weighted by molar-refractivity contribution is -0.180. The first-order valence-electron chi connectivity index (χ1n) is 10.7. The van der Waals surface area contributed by atoms with Crippen molar-refractivity contribution in [1.29, 1.82) is 0 Å². The van der Waals surface area contributed by atoms with E-state index in [1.54, 1.807) is 0 Å². The Bertz CT molecular complexity index is 565. The second-order valence-electron chi connectivity index (χ2n) is 9.01. The molecule has 1 saturated carbocycles. The van der Waals surface area contributed by atoms with Crippen molar-refractivity contribution < 1.29 is 19.4 Å². The van der Waals surface area contributed by atoms with Crippen LogP contribution in [0.15, 0.2) is 0 Å². The zero-order chi connectivity index (χ0) is 19.0. The molecule has 0 aromatic heterocycles. The Morgan fingerprint density at radius 1 is 1.15 bits per heavy atom. The Morgan fingerprint density at radius 2 is 1.93 bits per heavy atom. The van der Waals surface area contributed by atoms with Crippen molar-refractivity contribution in [2.75, 3.05) is 6.54 Å². The molecule has 3 aliphatic heterocycles. The van der Waals surface area contributed by atoms with E-state index in [9.17, 15) is 14.7 Å². The largest absolute Gasteiger partial charge is 0.481 e. The highest BCUT2D eigenvalue weighted by atomic mass is 16.5. The van der Waals surface area contributed by atoms with Crippen molar-refractivity contribution in [3.05, 3.63) is 0 Å². The maximum Gasteiger partial charge on any atom is 0.309 e. The number of nitrogens with one attached hydrogen (secondary N) is 2. The third-order valence-corrected chi connectivity index (χ3v) is 7.28. The Labute approximate surface area is 160 Å².